The zero-order valence-corrected chi connectivity index (χ0v) is 14.5. The molecular weight excluding hydrogens is 318 g/mol. The van der Waals surface area contributed by atoms with Crippen molar-refractivity contribution in [1.29, 1.82) is 0 Å². The summed E-state index contributed by atoms with van der Waals surface area (Å²) in [6.07, 6.45) is 3.80. The normalized spacial score (nSPS) is 19.6. The highest BCUT2D eigenvalue weighted by Gasteiger charge is 2.34. The first-order valence-corrected chi connectivity index (χ1v) is 8.36. The Morgan fingerprint density at radius 1 is 1.28 bits per heavy atom. The van der Waals surface area contributed by atoms with E-state index in [4.69, 9.17) is 0 Å². The molecule has 1 aromatic carbocycles. The third-order valence-electron chi connectivity index (χ3n) is 4.61. The van der Waals surface area contributed by atoms with E-state index < -0.39 is 0 Å². The van der Waals surface area contributed by atoms with Crippen LogP contribution in [0, 0.1) is 5.92 Å². The van der Waals surface area contributed by atoms with E-state index in [0.717, 1.165) is 17.7 Å². The van der Waals surface area contributed by atoms with E-state index in [1.54, 1.807) is 23.9 Å². The lowest BCUT2D eigenvalue weighted by molar-refractivity contribution is -0.125. The SMILES string of the molecule is CNC(=O)c1ccc(CNC(=O)[C@H]2CNC[C@@H]2c2cnn(C)c2)cc1. The van der Waals surface area contributed by atoms with Crippen LogP contribution in [0.4, 0.5) is 0 Å². The molecule has 3 N–H and O–H groups in total. The molecule has 132 valence electrons. The van der Waals surface area contributed by atoms with Gasteiger partial charge >= 0.3 is 0 Å². The standard InChI is InChI=1S/C18H23N5O2/c1-19-17(24)13-5-3-12(4-6-13)7-21-18(25)16-10-20-9-15(16)14-8-22-23(2)11-14/h3-6,8,11,15-16,20H,7,9-10H2,1-2H3,(H,19,24)(H,21,25)/t15-,16+/m1/s1. The molecule has 7 nitrogen and oxygen atoms in total. The first kappa shape index (κ1) is 17.2. The second kappa shape index (κ2) is 7.48. The predicted octanol–water partition coefficient (Wildman–Crippen LogP) is 0.399. The van der Waals surface area contributed by atoms with Crippen molar-refractivity contribution in [2.75, 3.05) is 20.1 Å². The number of amides is 2. The Hall–Kier alpha value is -2.67. The largest absolute Gasteiger partial charge is 0.355 e. The molecule has 1 saturated heterocycles. The summed E-state index contributed by atoms with van der Waals surface area (Å²) in [6.45, 7) is 1.90. The van der Waals surface area contributed by atoms with Crippen LogP contribution in [0.5, 0.6) is 0 Å². The number of carbonyl (C=O) groups excluding carboxylic acids is 2. The molecule has 2 atom stereocenters. The molecule has 1 aliphatic rings. The van der Waals surface area contributed by atoms with Gasteiger partial charge in [0.2, 0.25) is 5.91 Å². The molecular formula is C18H23N5O2. The van der Waals surface area contributed by atoms with Gasteiger partial charge < -0.3 is 16.0 Å². The zero-order valence-electron chi connectivity index (χ0n) is 14.5. The van der Waals surface area contributed by atoms with Gasteiger partial charge in [0.15, 0.2) is 0 Å². The average molecular weight is 341 g/mol. The van der Waals surface area contributed by atoms with E-state index in [-0.39, 0.29) is 23.7 Å². The quantitative estimate of drug-likeness (QED) is 0.735. The third kappa shape index (κ3) is 3.88. The summed E-state index contributed by atoms with van der Waals surface area (Å²) in [4.78, 5) is 24.1. The topological polar surface area (TPSA) is 88.1 Å². The van der Waals surface area contributed by atoms with E-state index >= 15 is 0 Å². The summed E-state index contributed by atoms with van der Waals surface area (Å²) in [5.74, 6) is -0.0418. The predicted molar refractivity (Wildman–Crippen MR) is 94.0 cm³/mol. The molecule has 25 heavy (non-hydrogen) atoms. The van der Waals surface area contributed by atoms with Crippen LogP contribution in [0.15, 0.2) is 36.7 Å². The highest BCUT2D eigenvalue weighted by Crippen LogP contribution is 2.27. The average Bonchev–Trinajstić information content (AvgIpc) is 3.28. The van der Waals surface area contributed by atoms with Crippen LogP contribution in [0.25, 0.3) is 0 Å². The maximum absolute atomic E-state index is 12.6. The van der Waals surface area contributed by atoms with Crippen molar-refractivity contribution < 1.29 is 9.59 Å². The van der Waals surface area contributed by atoms with Crippen molar-refractivity contribution in [2.24, 2.45) is 13.0 Å². The van der Waals surface area contributed by atoms with Gasteiger partial charge in [0.25, 0.3) is 5.91 Å². The van der Waals surface area contributed by atoms with E-state index in [1.165, 1.54) is 0 Å². The Kier molecular flexibility index (Phi) is 5.14. The maximum Gasteiger partial charge on any atom is 0.251 e. The number of hydrogen-bond acceptors (Lipinski definition) is 4. The van der Waals surface area contributed by atoms with Crippen LogP contribution in [0.1, 0.15) is 27.4 Å². The van der Waals surface area contributed by atoms with Crippen LogP contribution in [0.3, 0.4) is 0 Å². The Balaban J connectivity index is 1.59. The minimum absolute atomic E-state index is 0.0363. The molecule has 0 aliphatic carbocycles. The van der Waals surface area contributed by atoms with Crippen molar-refractivity contribution in [2.45, 2.75) is 12.5 Å². The Morgan fingerprint density at radius 3 is 2.68 bits per heavy atom. The number of nitrogens with one attached hydrogen (secondary N) is 3. The fraction of sp³-hybridized carbons (Fsp3) is 0.389. The molecule has 1 aliphatic heterocycles. The number of aryl methyl sites for hydroxylation is 1. The van der Waals surface area contributed by atoms with E-state index in [2.05, 4.69) is 21.0 Å². The summed E-state index contributed by atoms with van der Waals surface area (Å²) in [5.41, 5.74) is 2.65. The number of hydrogen-bond donors (Lipinski definition) is 3. The summed E-state index contributed by atoms with van der Waals surface area (Å²) < 4.78 is 1.76. The van der Waals surface area contributed by atoms with Crippen LogP contribution >= 0.6 is 0 Å². The van der Waals surface area contributed by atoms with E-state index in [0.29, 0.717) is 18.7 Å². The summed E-state index contributed by atoms with van der Waals surface area (Å²) in [5, 5.41) is 13.1. The maximum atomic E-state index is 12.6. The molecule has 2 aromatic rings. The van der Waals surface area contributed by atoms with Gasteiger partial charge in [-0.1, -0.05) is 12.1 Å². The molecule has 7 heteroatoms. The van der Waals surface area contributed by atoms with Crippen LogP contribution < -0.4 is 16.0 Å². The van der Waals surface area contributed by atoms with Gasteiger partial charge in [0.05, 0.1) is 12.1 Å². The Bertz CT molecular complexity index is 753. The lowest BCUT2D eigenvalue weighted by Crippen LogP contribution is -2.34. The molecule has 1 fully saturated rings. The number of aromatic nitrogens is 2. The minimum Gasteiger partial charge on any atom is -0.355 e. The second-order valence-electron chi connectivity index (χ2n) is 6.31. The first-order valence-electron chi connectivity index (χ1n) is 8.36. The fourth-order valence-corrected chi connectivity index (χ4v) is 3.17. The van der Waals surface area contributed by atoms with Gasteiger partial charge in [0, 0.05) is 51.4 Å². The molecule has 0 spiro atoms. The minimum atomic E-state index is -0.119. The highest BCUT2D eigenvalue weighted by molar-refractivity contribution is 5.93. The molecule has 0 saturated carbocycles. The van der Waals surface area contributed by atoms with Crippen molar-refractivity contribution in [1.82, 2.24) is 25.7 Å². The van der Waals surface area contributed by atoms with E-state index in [9.17, 15) is 9.59 Å². The number of benzene rings is 1. The molecule has 0 radical (unpaired) electrons. The van der Waals surface area contributed by atoms with Gasteiger partial charge in [-0.2, -0.15) is 5.10 Å². The summed E-state index contributed by atoms with van der Waals surface area (Å²) >= 11 is 0. The van der Waals surface area contributed by atoms with Crippen molar-refractivity contribution in [3.63, 3.8) is 0 Å². The summed E-state index contributed by atoms with van der Waals surface area (Å²) in [7, 11) is 3.48. The highest BCUT2D eigenvalue weighted by atomic mass is 16.2. The van der Waals surface area contributed by atoms with Crippen molar-refractivity contribution >= 4 is 11.8 Å². The number of carbonyl (C=O) groups is 2. The van der Waals surface area contributed by atoms with Gasteiger partial charge in [-0.05, 0) is 23.3 Å². The van der Waals surface area contributed by atoms with Gasteiger partial charge in [0.1, 0.15) is 0 Å². The number of rotatable bonds is 5. The first-order chi connectivity index (χ1) is 12.1. The molecule has 1 aromatic heterocycles. The van der Waals surface area contributed by atoms with Crippen LogP contribution in [-0.4, -0.2) is 41.7 Å². The van der Waals surface area contributed by atoms with Crippen LogP contribution in [0.2, 0.25) is 0 Å². The second-order valence-corrected chi connectivity index (χ2v) is 6.31. The smallest absolute Gasteiger partial charge is 0.251 e. The lowest BCUT2D eigenvalue weighted by Gasteiger charge is -2.17. The molecule has 0 bridgehead atoms. The summed E-state index contributed by atoms with van der Waals surface area (Å²) in [6, 6.07) is 7.23. The molecule has 0 unspecified atom stereocenters. The number of nitrogens with zero attached hydrogens (tertiary/aromatic N) is 2. The fourth-order valence-electron chi connectivity index (χ4n) is 3.17. The molecule has 3 rings (SSSR count). The van der Waals surface area contributed by atoms with Crippen molar-refractivity contribution in [3.8, 4) is 0 Å². The van der Waals surface area contributed by atoms with E-state index in [1.807, 2.05) is 31.6 Å². The Morgan fingerprint density at radius 2 is 2.04 bits per heavy atom. The Labute approximate surface area is 146 Å². The zero-order chi connectivity index (χ0) is 17.8. The van der Waals surface area contributed by atoms with Crippen LogP contribution in [-0.2, 0) is 18.4 Å². The third-order valence-corrected chi connectivity index (χ3v) is 4.61. The monoisotopic (exact) mass is 341 g/mol. The van der Waals surface area contributed by atoms with Crippen molar-refractivity contribution in [3.05, 3.63) is 53.3 Å². The lowest BCUT2D eigenvalue weighted by atomic mass is 9.90. The molecule has 2 heterocycles. The molecule has 2 amide bonds. The van der Waals surface area contributed by atoms with Gasteiger partial charge in [-0.15, -0.1) is 0 Å². The van der Waals surface area contributed by atoms with Gasteiger partial charge in [-0.3, -0.25) is 14.3 Å². The van der Waals surface area contributed by atoms with Gasteiger partial charge in [-0.25, -0.2) is 0 Å².